The van der Waals surface area contributed by atoms with E-state index in [0.717, 1.165) is 23.9 Å². The van der Waals surface area contributed by atoms with Crippen molar-refractivity contribution >= 4 is 0 Å². The summed E-state index contributed by atoms with van der Waals surface area (Å²) in [7, 11) is 0. The third-order valence-corrected chi connectivity index (χ3v) is 4.70. The summed E-state index contributed by atoms with van der Waals surface area (Å²) >= 11 is 0. The van der Waals surface area contributed by atoms with E-state index in [2.05, 4.69) is 38.2 Å². The molecule has 1 aromatic rings. The van der Waals surface area contributed by atoms with E-state index in [0.29, 0.717) is 6.04 Å². The Morgan fingerprint density at radius 2 is 2.05 bits per heavy atom. The lowest BCUT2D eigenvalue weighted by Crippen LogP contribution is -2.40. The first-order valence-corrected chi connectivity index (χ1v) is 7.85. The zero-order chi connectivity index (χ0) is 14.5. The van der Waals surface area contributed by atoms with Gasteiger partial charge in [0, 0.05) is 12.6 Å². The molecule has 1 N–H and O–H groups in total. The Bertz CT molecular complexity index is 485. The second-order valence-corrected chi connectivity index (χ2v) is 6.43. The zero-order valence-electron chi connectivity index (χ0n) is 12.9. The number of nitriles is 1. The molecule has 0 aliphatic heterocycles. The van der Waals surface area contributed by atoms with E-state index in [-0.39, 0.29) is 0 Å². The molecule has 108 valence electrons. The molecule has 0 amide bonds. The number of rotatable bonds is 4. The van der Waals surface area contributed by atoms with Crippen molar-refractivity contribution in [1.29, 1.82) is 5.26 Å². The van der Waals surface area contributed by atoms with E-state index < -0.39 is 0 Å². The van der Waals surface area contributed by atoms with Crippen molar-refractivity contribution < 1.29 is 0 Å². The second kappa shape index (κ2) is 6.90. The van der Waals surface area contributed by atoms with Gasteiger partial charge in [0.25, 0.3) is 0 Å². The number of nitrogens with zero attached hydrogens (tertiary/aromatic N) is 1. The minimum atomic E-state index is 0.652. The molecule has 2 atom stereocenters. The lowest BCUT2D eigenvalue weighted by molar-refractivity contribution is 0.204. The van der Waals surface area contributed by atoms with Crippen molar-refractivity contribution in [3.05, 3.63) is 34.9 Å². The topological polar surface area (TPSA) is 35.8 Å². The van der Waals surface area contributed by atoms with E-state index in [1.54, 1.807) is 0 Å². The van der Waals surface area contributed by atoms with Gasteiger partial charge in [-0.2, -0.15) is 5.26 Å². The zero-order valence-corrected chi connectivity index (χ0v) is 12.9. The number of aryl methyl sites for hydroxylation is 1. The van der Waals surface area contributed by atoms with E-state index in [1.807, 2.05) is 12.1 Å². The fourth-order valence-corrected chi connectivity index (χ4v) is 3.42. The molecule has 1 aliphatic rings. The Morgan fingerprint density at radius 1 is 1.30 bits per heavy atom. The highest BCUT2D eigenvalue weighted by Gasteiger charge is 2.26. The van der Waals surface area contributed by atoms with Crippen molar-refractivity contribution in [3.63, 3.8) is 0 Å². The third kappa shape index (κ3) is 3.61. The smallest absolute Gasteiger partial charge is 0.0991 e. The Labute approximate surface area is 123 Å². The summed E-state index contributed by atoms with van der Waals surface area (Å²) in [6.45, 7) is 7.71. The Hall–Kier alpha value is -1.33. The largest absolute Gasteiger partial charge is 0.310 e. The predicted octanol–water partition coefficient (Wildman–Crippen LogP) is 4.17. The van der Waals surface area contributed by atoms with Crippen LogP contribution in [0.4, 0.5) is 0 Å². The van der Waals surface area contributed by atoms with Gasteiger partial charge in [0.2, 0.25) is 0 Å². The van der Waals surface area contributed by atoms with Crippen LogP contribution in [0.1, 0.15) is 56.2 Å². The highest BCUT2D eigenvalue weighted by Crippen LogP contribution is 2.30. The summed E-state index contributed by atoms with van der Waals surface area (Å²) in [5.74, 6) is 1.57. The lowest BCUT2D eigenvalue weighted by Gasteiger charge is -2.35. The van der Waals surface area contributed by atoms with Crippen LogP contribution in [0.3, 0.4) is 0 Å². The first-order valence-electron chi connectivity index (χ1n) is 7.85. The van der Waals surface area contributed by atoms with Crippen LogP contribution in [0.5, 0.6) is 0 Å². The van der Waals surface area contributed by atoms with Gasteiger partial charge in [-0.05, 0) is 54.9 Å². The maximum atomic E-state index is 8.92. The van der Waals surface area contributed by atoms with E-state index in [1.165, 1.54) is 36.8 Å². The van der Waals surface area contributed by atoms with Gasteiger partial charge in [0.15, 0.2) is 0 Å². The molecule has 20 heavy (non-hydrogen) atoms. The number of benzene rings is 1. The van der Waals surface area contributed by atoms with E-state index >= 15 is 0 Å². The molecule has 1 aromatic carbocycles. The number of hydrogen-bond donors (Lipinski definition) is 1. The molecule has 0 heterocycles. The Kier molecular flexibility index (Phi) is 5.20. The SMILES string of the molecule is Cc1cc(C#N)ccc1CNC1CCCCC1C(C)C. The quantitative estimate of drug-likeness (QED) is 0.891. The van der Waals surface area contributed by atoms with Crippen LogP contribution >= 0.6 is 0 Å². The van der Waals surface area contributed by atoms with Crippen molar-refractivity contribution in [2.45, 2.75) is 59.0 Å². The van der Waals surface area contributed by atoms with Gasteiger partial charge in [0.1, 0.15) is 0 Å². The Morgan fingerprint density at radius 3 is 2.70 bits per heavy atom. The van der Waals surface area contributed by atoms with Crippen molar-refractivity contribution in [2.75, 3.05) is 0 Å². The fourth-order valence-electron chi connectivity index (χ4n) is 3.42. The second-order valence-electron chi connectivity index (χ2n) is 6.43. The third-order valence-electron chi connectivity index (χ3n) is 4.70. The van der Waals surface area contributed by atoms with Crippen LogP contribution < -0.4 is 5.32 Å². The molecule has 0 aromatic heterocycles. The molecule has 1 fully saturated rings. The molecule has 1 aliphatic carbocycles. The van der Waals surface area contributed by atoms with Gasteiger partial charge >= 0.3 is 0 Å². The average molecular weight is 270 g/mol. The standard InChI is InChI=1S/C18H26N2/c1-13(2)17-6-4-5-7-18(17)20-12-16-9-8-15(11-19)10-14(16)3/h8-10,13,17-18,20H,4-7,12H2,1-3H3. The molecule has 2 unspecified atom stereocenters. The van der Waals surface area contributed by atoms with Crippen LogP contribution in [0.2, 0.25) is 0 Å². The maximum Gasteiger partial charge on any atom is 0.0991 e. The lowest BCUT2D eigenvalue weighted by atomic mass is 9.78. The van der Waals surface area contributed by atoms with Gasteiger partial charge in [-0.3, -0.25) is 0 Å². The summed E-state index contributed by atoms with van der Waals surface area (Å²) in [6, 6.07) is 8.85. The first-order chi connectivity index (χ1) is 9.61. The Balaban J connectivity index is 1.99. The molecule has 0 bridgehead atoms. The van der Waals surface area contributed by atoms with Crippen LogP contribution in [-0.2, 0) is 6.54 Å². The normalized spacial score (nSPS) is 22.8. The van der Waals surface area contributed by atoms with Gasteiger partial charge in [-0.1, -0.05) is 32.8 Å². The number of nitrogens with one attached hydrogen (secondary N) is 1. The molecule has 0 radical (unpaired) electrons. The van der Waals surface area contributed by atoms with E-state index in [4.69, 9.17) is 5.26 Å². The summed E-state index contributed by atoms with van der Waals surface area (Å²) in [5.41, 5.74) is 3.29. The molecular formula is C18H26N2. The average Bonchev–Trinajstić information content (AvgIpc) is 2.46. The van der Waals surface area contributed by atoms with Crippen LogP contribution in [-0.4, -0.2) is 6.04 Å². The predicted molar refractivity (Wildman–Crippen MR) is 83.3 cm³/mol. The molecule has 0 spiro atoms. The molecule has 0 saturated heterocycles. The van der Waals surface area contributed by atoms with E-state index in [9.17, 15) is 0 Å². The molecular weight excluding hydrogens is 244 g/mol. The van der Waals surface area contributed by atoms with Crippen LogP contribution in [0, 0.1) is 30.1 Å². The maximum absolute atomic E-state index is 8.92. The minimum absolute atomic E-state index is 0.652. The summed E-state index contributed by atoms with van der Waals surface area (Å²) in [4.78, 5) is 0. The molecule has 1 saturated carbocycles. The summed E-state index contributed by atoms with van der Waals surface area (Å²) in [5, 5.41) is 12.7. The molecule has 2 rings (SSSR count). The van der Waals surface area contributed by atoms with Crippen molar-refractivity contribution in [2.24, 2.45) is 11.8 Å². The van der Waals surface area contributed by atoms with Crippen LogP contribution in [0.25, 0.3) is 0 Å². The van der Waals surface area contributed by atoms with Gasteiger partial charge in [-0.25, -0.2) is 0 Å². The first kappa shape index (κ1) is 15.1. The highest BCUT2D eigenvalue weighted by atomic mass is 14.9. The molecule has 2 heteroatoms. The van der Waals surface area contributed by atoms with Gasteiger partial charge in [-0.15, -0.1) is 0 Å². The van der Waals surface area contributed by atoms with Crippen molar-refractivity contribution in [3.8, 4) is 6.07 Å². The minimum Gasteiger partial charge on any atom is -0.310 e. The van der Waals surface area contributed by atoms with Crippen LogP contribution in [0.15, 0.2) is 18.2 Å². The fraction of sp³-hybridized carbons (Fsp3) is 0.611. The summed E-state index contributed by atoms with van der Waals surface area (Å²) < 4.78 is 0. The van der Waals surface area contributed by atoms with Gasteiger partial charge in [0.05, 0.1) is 11.6 Å². The van der Waals surface area contributed by atoms with Gasteiger partial charge < -0.3 is 5.32 Å². The molecule has 2 nitrogen and oxygen atoms in total. The number of hydrogen-bond acceptors (Lipinski definition) is 2. The highest BCUT2D eigenvalue weighted by molar-refractivity contribution is 5.37. The summed E-state index contributed by atoms with van der Waals surface area (Å²) in [6.07, 6.45) is 5.41. The van der Waals surface area contributed by atoms with Crippen molar-refractivity contribution in [1.82, 2.24) is 5.32 Å². The monoisotopic (exact) mass is 270 g/mol.